The number of hydrogen-bond donors (Lipinski definition) is 2. The number of aromatic hydroxyl groups is 2. The lowest BCUT2D eigenvalue weighted by Gasteiger charge is -2.27. The van der Waals surface area contributed by atoms with Crippen molar-refractivity contribution >= 4 is 5.97 Å². The predicted molar refractivity (Wildman–Crippen MR) is 98.6 cm³/mol. The molecule has 0 saturated carbocycles. The standard InChI is InChI=1S/C21H26O4/c1-20(2,3)14-12-18(15(11-17(14)23)21(4,5)6)25-19(24)13-9-7-8-10-16(13)22/h7-12,22-23H,1-6H3. The van der Waals surface area contributed by atoms with Crippen LogP contribution in [0.5, 0.6) is 17.2 Å². The Kier molecular flexibility index (Phi) is 4.85. The number of ether oxygens (including phenoxy) is 1. The minimum atomic E-state index is -0.630. The molecule has 2 aromatic carbocycles. The van der Waals surface area contributed by atoms with Crippen molar-refractivity contribution in [1.82, 2.24) is 0 Å². The quantitative estimate of drug-likeness (QED) is 0.601. The smallest absolute Gasteiger partial charge is 0.347 e. The monoisotopic (exact) mass is 342 g/mol. The second-order valence-corrected chi connectivity index (χ2v) is 8.27. The lowest BCUT2D eigenvalue weighted by molar-refractivity contribution is 0.0728. The average Bonchev–Trinajstić information content (AvgIpc) is 2.46. The molecular weight excluding hydrogens is 316 g/mol. The van der Waals surface area contributed by atoms with Crippen molar-refractivity contribution in [1.29, 1.82) is 0 Å². The van der Waals surface area contributed by atoms with Crippen molar-refractivity contribution in [3.63, 3.8) is 0 Å². The normalized spacial score (nSPS) is 12.1. The summed E-state index contributed by atoms with van der Waals surface area (Å²) in [5.74, 6) is -0.183. The van der Waals surface area contributed by atoms with Gasteiger partial charge < -0.3 is 14.9 Å². The molecule has 0 spiro atoms. The predicted octanol–water partition coefficient (Wildman–Crippen LogP) is 4.91. The van der Waals surface area contributed by atoms with Crippen LogP contribution in [0, 0.1) is 0 Å². The van der Waals surface area contributed by atoms with Gasteiger partial charge in [-0.25, -0.2) is 4.79 Å². The van der Waals surface area contributed by atoms with Gasteiger partial charge in [0.2, 0.25) is 0 Å². The maximum Gasteiger partial charge on any atom is 0.347 e. The molecule has 0 aliphatic heterocycles. The van der Waals surface area contributed by atoms with Gasteiger partial charge in [0.15, 0.2) is 0 Å². The molecule has 4 nitrogen and oxygen atoms in total. The van der Waals surface area contributed by atoms with E-state index in [-0.39, 0.29) is 27.9 Å². The Labute approximate surface area is 149 Å². The molecular formula is C21H26O4. The van der Waals surface area contributed by atoms with Crippen molar-refractivity contribution in [2.45, 2.75) is 52.4 Å². The van der Waals surface area contributed by atoms with E-state index >= 15 is 0 Å². The van der Waals surface area contributed by atoms with Gasteiger partial charge in [0.25, 0.3) is 0 Å². The molecule has 0 amide bonds. The molecule has 2 rings (SSSR count). The highest BCUT2D eigenvalue weighted by Gasteiger charge is 2.27. The summed E-state index contributed by atoms with van der Waals surface area (Å²) in [6.07, 6.45) is 0. The Morgan fingerprint density at radius 2 is 1.40 bits per heavy atom. The molecule has 0 aliphatic carbocycles. The second kappa shape index (κ2) is 6.43. The van der Waals surface area contributed by atoms with Crippen LogP contribution in [0.2, 0.25) is 0 Å². The summed E-state index contributed by atoms with van der Waals surface area (Å²) in [5.41, 5.74) is 0.883. The largest absolute Gasteiger partial charge is 0.508 e. The molecule has 0 aliphatic rings. The number of hydrogen-bond acceptors (Lipinski definition) is 4. The van der Waals surface area contributed by atoms with Gasteiger partial charge in [-0.3, -0.25) is 0 Å². The molecule has 0 bridgehead atoms. The van der Waals surface area contributed by atoms with E-state index in [1.54, 1.807) is 24.3 Å². The van der Waals surface area contributed by atoms with Gasteiger partial charge in [-0.15, -0.1) is 0 Å². The summed E-state index contributed by atoms with van der Waals surface area (Å²) in [6, 6.07) is 9.64. The molecule has 0 saturated heterocycles. The first kappa shape index (κ1) is 18.8. The summed E-state index contributed by atoms with van der Waals surface area (Å²) >= 11 is 0. The summed E-state index contributed by atoms with van der Waals surface area (Å²) in [7, 11) is 0. The fourth-order valence-corrected chi connectivity index (χ4v) is 2.64. The van der Waals surface area contributed by atoms with Gasteiger partial charge in [-0.2, -0.15) is 0 Å². The highest BCUT2D eigenvalue weighted by molar-refractivity contribution is 5.94. The molecule has 134 valence electrons. The lowest BCUT2D eigenvalue weighted by Crippen LogP contribution is -2.19. The Morgan fingerprint density at radius 3 is 1.92 bits per heavy atom. The van der Waals surface area contributed by atoms with Gasteiger partial charge in [0.05, 0.1) is 0 Å². The van der Waals surface area contributed by atoms with Crippen LogP contribution >= 0.6 is 0 Å². The molecule has 0 heterocycles. The maximum atomic E-state index is 12.5. The molecule has 0 aromatic heterocycles. The molecule has 0 unspecified atom stereocenters. The average molecular weight is 342 g/mol. The van der Waals surface area contributed by atoms with Crippen LogP contribution in [0.4, 0.5) is 0 Å². The number of carbonyl (C=O) groups is 1. The first-order valence-electron chi connectivity index (χ1n) is 8.29. The lowest BCUT2D eigenvalue weighted by atomic mass is 9.81. The zero-order valence-electron chi connectivity index (χ0n) is 15.7. The Hall–Kier alpha value is -2.49. The van der Waals surface area contributed by atoms with Crippen LogP contribution < -0.4 is 4.74 Å². The number of phenols is 2. The number of phenolic OH excluding ortho intramolecular Hbond substituents is 2. The van der Waals surface area contributed by atoms with Crippen LogP contribution in [0.3, 0.4) is 0 Å². The van der Waals surface area contributed by atoms with Gasteiger partial charge in [-0.1, -0.05) is 53.7 Å². The zero-order valence-corrected chi connectivity index (χ0v) is 15.7. The third-order valence-electron chi connectivity index (χ3n) is 4.04. The first-order valence-corrected chi connectivity index (χ1v) is 8.29. The number of esters is 1. The summed E-state index contributed by atoms with van der Waals surface area (Å²) < 4.78 is 5.62. The zero-order chi connectivity index (χ0) is 19.0. The third kappa shape index (κ3) is 4.13. The number of para-hydroxylation sites is 1. The SMILES string of the molecule is CC(C)(C)c1cc(OC(=O)c2ccccc2O)c(C(C)(C)C)cc1O. The van der Waals surface area contributed by atoms with Crippen LogP contribution in [-0.2, 0) is 10.8 Å². The highest BCUT2D eigenvalue weighted by Crippen LogP contribution is 2.41. The van der Waals surface area contributed by atoms with E-state index in [1.807, 2.05) is 41.5 Å². The maximum absolute atomic E-state index is 12.5. The van der Waals surface area contributed by atoms with E-state index in [9.17, 15) is 15.0 Å². The summed E-state index contributed by atoms with van der Waals surface area (Å²) in [6.45, 7) is 11.9. The fourth-order valence-electron chi connectivity index (χ4n) is 2.64. The second-order valence-electron chi connectivity index (χ2n) is 8.27. The van der Waals surface area contributed by atoms with E-state index in [2.05, 4.69) is 0 Å². The van der Waals surface area contributed by atoms with Gasteiger partial charge >= 0.3 is 5.97 Å². The number of benzene rings is 2. The van der Waals surface area contributed by atoms with Gasteiger partial charge in [0, 0.05) is 11.1 Å². The van der Waals surface area contributed by atoms with Crippen molar-refractivity contribution in [2.24, 2.45) is 0 Å². The molecule has 0 atom stereocenters. The van der Waals surface area contributed by atoms with Crippen LogP contribution in [-0.4, -0.2) is 16.2 Å². The Morgan fingerprint density at radius 1 is 0.840 bits per heavy atom. The van der Waals surface area contributed by atoms with E-state index in [1.165, 1.54) is 12.1 Å². The minimum Gasteiger partial charge on any atom is -0.508 e. The summed E-state index contributed by atoms with van der Waals surface area (Å²) in [4.78, 5) is 12.5. The van der Waals surface area contributed by atoms with Crippen molar-refractivity contribution in [3.05, 3.63) is 53.1 Å². The van der Waals surface area contributed by atoms with Crippen molar-refractivity contribution < 1.29 is 19.7 Å². The number of rotatable bonds is 2. The molecule has 0 radical (unpaired) electrons. The van der Waals surface area contributed by atoms with Crippen LogP contribution in [0.1, 0.15) is 63.0 Å². The molecule has 25 heavy (non-hydrogen) atoms. The van der Waals surface area contributed by atoms with E-state index in [4.69, 9.17) is 4.74 Å². The minimum absolute atomic E-state index is 0.104. The van der Waals surface area contributed by atoms with E-state index in [0.717, 1.165) is 5.56 Å². The van der Waals surface area contributed by atoms with Crippen LogP contribution in [0.25, 0.3) is 0 Å². The van der Waals surface area contributed by atoms with Crippen molar-refractivity contribution in [2.75, 3.05) is 0 Å². The Bertz CT molecular complexity index is 793. The van der Waals surface area contributed by atoms with E-state index < -0.39 is 5.97 Å². The molecule has 4 heteroatoms. The van der Waals surface area contributed by atoms with Gasteiger partial charge in [0.1, 0.15) is 22.8 Å². The van der Waals surface area contributed by atoms with Crippen LogP contribution in [0.15, 0.2) is 36.4 Å². The molecule has 2 aromatic rings. The number of carbonyl (C=O) groups excluding carboxylic acids is 1. The van der Waals surface area contributed by atoms with Gasteiger partial charge in [-0.05, 0) is 35.1 Å². The van der Waals surface area contributed by atoms with Crippen molar-refractivity contribution in [3.8, 4) is 17.2 Å². The highest BCUT2D eigenvalue weighted by atomic mass is 16.5. The Balaban J connectivity index is 2.55. The molecule has 2 N–H and O–H groups in total. The molecule has 0 fully saturated rings. The first-order chi connectivity index (χ1) is 11.4. The summed E-state index contributed by atoms with van der Waals surface area (Å²) in [5, 5.41) is 20.3. The third-order valence-corrected chi connectivity index (χ3v) is 4.04. The topological polar surface area (TPSA) is 66.8 Å². The fraction of sp³-hybridized carbons (Fsp3) is 0.381. The van der Waals surface area contributed by atoms with E-state index in [0.29, 0.717) is 11.3 Å².